The van der Waals surface area contributed by atoms with Gasteiger partial charge in [-0.15, -0.1) is 0 Å². The summed E-state index contributed by atoms with van der Waals surface area (Å²) >= 11 is 0. The summed E-state index contributed by atoms with van der Waals surface area (Å²) in [5, 5.41) is 11.9. The summed E-state index contributed by atoms with van der Waals surface area (Å²) in [7, 11) is 0. The van der Waals surface area contributed by atoms with E-state index in [2.05, 4.69) is 15.3 Å². The Kier molecular flexibility index (Phi) is 6.30. The van der Waals surface area contributed by atoms with Gasteiger partial charge in [0.05, 0.1) is 5.69 Å². The van der Waals surface area contributed by atoms with Gasteiger partial charge in [-0.1, -0.05) is 30.3 Å². The van der Waals surface area contributed by atoms with Gasteiger partial charge in [0.25, 0.3) is 5.91 Å². The van der Waals surface area contributed by atoms with Crippen LogP contribution in [0.2, 0.25) is 0 Å². The maximum absolute atomic E-state index is 12.6. The summed E-state index contributed by atoms with van der Waals surface area (Å²) in [5.41, 5.74) is 5.06. The van der Waals surface area contributed by atoms with Crippen LogP contribution < -0.4 is 10.8 Å². The molecule has 2 aromatic heterocycles. The smallest absolute Gasteiger partial charge is 0.274 e. The summed E-state index contributed by atoms with van der Waals surface area (Å²) in [4.78, 5) is 33.3. The Balaban J connectivity index is 1.62. The lowest BCUT2D eigenvalue weighted by Crippen LogP contribution is -2.29. The van der Waals surface area contributed by atoms with Crippen molar-refractivity contribution < 1.29 is 19.5 Å². The van der Waals surface area contributed by atoms with Crippen LogP contribution in [0.3, 0.4) is 0 Å². The molecule has 0 spiro atoms. The first-order chi connectivity index (χ1) is 15.1. The van der Waals surface area contributed by atoms with Crippen LogP contribution >= 0.6 is 0 Å². The van der Waals surface area contributed by atoms with Crippen LogP contribution in [-0.2, 0) is 9.53 Å². The van der Waals surface area contributed by atoms with Crippen molar-refractivity contribution >= 4 is 17.6 Å². The topological polar surface area (TPSA) is 113 Å². The van der Waals surface area contributed by atoms with Crippen LogP contribution in [0.15, 0.2) is 60.9 Å². The predicted octanol–water partition coefficient (Wildman–Crippen LogP) is 3.29. The molecule has 0 aliphatic carbocycles. The van der Waals surface area contributed by atoms with Crippen molar-refractivity contribution in [2.24, 2.45) is 5.92 Å². The number of hydrogen-bond acceptors (Lipinski definition) is 6. The minimum Gasteiger partial charge on any atom is -0.381 e. The largest absolute Gasteiger partial charge is 0.381 e. The maximum Gasteiger partial charge on any atom is 0.274 e. The molecule has 0 atom stereocenters. The summed E-state index contributed by atoms with van der Waals surface area (Å²) in [5.74, 6) is -0.746. The molecule has 8 heteroatoms. The van der Waals surface area contributed by atoms with E-state index in [1.807, 2.05) is 36.4 Å². The summed E-state index contributed by atoms with van der Waals surface area (Å²) < 4.78 is 5.30. The van der Waals surface area contributed by atoms with Crippen LogP contribution in [0.25, 0.3) is 22.4 Å². The fourth-order valence-corrected chi connectivity index (χ4v) is 3.49. The Morgan fingerprint density at radius 2 is 1.74 bits per heavy atom. The van der Waals surface area contributed by atoms with E-state index >= 15 is 0 Å². The van der Waals surface area contributed by atoms with E-state index in [9.17, 15) is 9.59 Å². The number of benzene rings is 1. The van der Waals surface area contributed by atoms with Crippen molar-refractivity contribution in [3.8, 4) is 22.4 Å². The van der Waals surface area contributed by atoms with Gasteiger partial charge in [0, 0.05) is 42.7 Å². The summed E-state index contributed by atoms with van der Waals surface area (Å²) in [6.07, 6.45) is 4.79. The predicted molar refractivity (Wildman–Crippen MR) is 114 cm³/mol. The standard InChI is InChI=1S/C23H22N4O4/c28-22(17-7-10-31-11-8-17)26-21-13-19(23(29)27-30)12-20(25-21)16-5-3-15(4-6-16)18-2-1-9-24-14-18/h1-6,9,12-14,17,30H,7-8,10-11H2,(H,27,29)(H,25,26,28). The number of amides is 2. The molecule has 3 heterocycles. The first kappa shape index (κ1) is 20.6. The molecular formula is C23H22N4O4. The molecular weight excluding hydrogens is 396 g/mol. The van der Waals surface area contributed by atoms with Crippen molar-refractivity contribution in [1.29, 1.82) is 0 Å². The van der Waals surface area contributed by atoms with E-state index in [1.54, 1.807) is 23.9 Å². The molecule has 2 amide bonds. The second kappa shape index (κ2) is 9.46. The highest BCUT2D eigenvalue weighted by Gasteiger charge is 2.22. The number of pyridine rings is 2. The molecule has 0 saturated carbocycles. The highest BCUT2D eigenvalue weighted by molar-refractivity contribution is 5.97. The summed E-state index contributed by atoms with van der Waals surface area (Å²) in [6, 6.07) is 14.5. The van der Waals surface area contributed by atoms with Crippen LogP contribution in [-0.4, -0.2) is 40.2 Å². The Morgan fingerprint density at radius 3 is 2.42 bits per heavy atom. The molecule has 31 heavy (non-hydrogen) atoms. The molecule has 3 N–H and O–H groups in total. The zero-order valence-corrected chi connectivity index (χ0v) is 16.7. The Labute approximate surface area is 179 Å². The van der Waals surface area contributed by atoms with Crippen molar-refractivity contribution in [1.82, 2.24) is 15.4 Å². The molecule has 0 radical (unpaired) electrons. The third-order valence-corrected chi connectivity index (χ3v) is 5.21. The van der Waals surface area contributed by atoms with Crippen LogP contribution in [0.5, 0.6) is 0 Å². The molecule has 0 unspecified atom stereocenters. The van der Waals surface area contributed by atoms with Crippen molar-refractivity contribution in [2.45, 2.75) is 12.8 Å². The third kappa shape index (κ3) is 4.93. The van der Waals surface area contributed by atoms with Gasteiger partial charge in [-0.2, -0.15) is 0 Å². The SMILES string of the molecule is O=C(NO)c1cc(NC(=O)C2CCOCC2)nc(-c2ccc(-c3cccnc3)cc2)c1. The number of nitrogens with zero attached hydrogens (tertiary/aromatic N) is 2. The number of carbonyl (C=O) groups excluding carboxylic acids is 2. The van der Waals surface area contributed by atoms with Crippen molar-refractivity contribution in [3.05, 3.63) is 66.5 Å². The number of hydroxylamine groups is 1. The molecule has 1 fully saturated rings. The van der Waals surface area contributed by atoms with E-state index in [4.69, 9.17) is 9.94 Å². The molecule has 1 aliphatic rings. The lowest BCUT2D eigenvalue weighted by Gasteiger charge is -2.21. The highest BCUT2D eigenvalue weighted by atomic mass is 16.5. The van der Waals surface area contributed by atoms with Crippen LogP contribution in [0, 0.1) is 5.92 Å². The number of carbonyl (C=O) groups is 2. The van der Waals surface area contributed by atoms with E-state index in [0.29, 0.717) is 31.7 Å². The van der Waals surface area contributed by atoms with E-state index < -0.39 is 5.91 Å². The normalized spacial score (nSPS) is 14.1. The first-order valence-electron chi connectivity index (χ1n) is 10.00. The lowest BCUT2D eigenvalue weighted by molar-refractivity contribution is -0.122. The average molecular weight is 418 g/mol. The maximum atomic E-state index is 12.6. The molecule has 158 valence electrons. The first-order valence-corrected chi connectivity index (χ1v) is 10.00. The highest BCUT2D eigenvalue weighted by Crippen LogP contribution is 2.26. The molecule has 1 saturated heterocycles. The molecule has 1 aliphatic heterocycles. The molecule has 1 aromatic carbocycles. The zero-order valence-electron chi connectivity index (χ0n) is 16.7. The minimum absolute atomic E-state index is 0.157. The Morgan fingerprint density at radius 1 is 1.00 bits per heavy atom. The van der Waals surface area contributed by atoms with Gasteiger partial charge in [0.1, 0.15) is 5.82 Å². The van der Waals surface area contributed by atoms with Crippen LogP contribution in [0.1, 0.15) is 23.2 Å². The number of hydrogen-bond donors (Lipinski definition) is 3. The molecule has 3 aromatic rings. The van der Waals surface area contributed by atoms with Crippen molar-refractivity contribution in [3.63, 3.8) is 0 Å². The Bertz CT molecular complexity index is 1060. The second-order valence-corrected chi connectivity index (χ2v) is 7.26. The number of nitrogens with one attached hydrogen (secondary N) is 2. The molecule has 4 rings (SSSR count). The van der Waals surface area contributed by atoms with Gasteiger partial charge in [-0.3, -0.25) is 19.8 Å². The van der Waals surface area contributed by atoms with E-state index in [1.165, 1.54) is 6.07 Å². The van der Waals surface area contributed by atoms with Crippen LogP contribution in [0.4, 0.5) is 5.82 Å². The molecule has 0 bridgehead atoms. The minimum atomic E-state index is -0.683. The van der Waals surface area contributed by atoms with Gasteiger partial charge in [0.2, 0.25) is 5.91 Å². The lowest BCUT2D eigenvalue weighted by atomic mass is 9.99. The van der Waals surface area contributed by atoms with Crippen molar-refractivity contribution in [2.75, 3.05) is 18.5 Å². The second-order valence-electron chi connectivity index (χ2n) is 7.26. The Hall–Kier alpha value is -3.62. The average Bonchev–Trinajstić information content (AvgIpc) is 2.84. The number of rotatable bonds is 5. The van der Waals surface area contributed by atoms with Gasteiger partial charge in [0.15, 0.2) is 0 Å². The van der Waals surface area contributed by atoms with E-state index in [-0.39, 0.29) is 23.2 Å². The number of aromatic nitrogens is 2. The number of anilines is 1. The van der Waals surface area contributed by atoms with Gasteiger partial charge in [-0.25, -0.2) is 10.5 Å². The zero-order chi connectivity index (χ0) is 21.6. The quantitative estimate of drug-likeness (QED) is 0.433. The van der Waals surface area contributed by atoms with Gasteiger partial charge in [-0.05, 0) is 42.2 Å². The monoisotopic (exact) mass is 418 g/mol. The third-order valence-electron chi connectivity index (χ3n) is 5.21. The van der Waals surface area contributed by atoms with Gasteiger partial charge < -0.3 is 10.1 Å². The molecule has 8 nitrogen and oxygen atoms in total. The fourth-order valence-electron chi connectivity index (χ4n) is 3.49. The number of ether oxygens (including phenoxy) is 1. The fraction of sp³-hybridized carbons (Fsp3) is 0.217. The van der Waals surface area contributed by atoms with Gasteiger partial charge >= 0.3 is 0 Å². The summed E-state index contributed by atoms with van der Waals surface area (Å²) in [6.45, 7) is 1.10. The van der Waals surface area contributed by atoms with E-state index in [0.717, 1.165) is 16.7 Å².